The van der Waals surface area contributed by atoms with Gasteiger partial charge < -0.3 is 15.2 Å². The third-order valence-corrected chi connectivity index (χ3v) is 2.75. The Balaban J connectivity index is 2.28. The Kier molecular flexibility index (Phi) is 4.23. The summed E-state index contributed by atoms with van der Waals surface area (Å²) in [6.07, 6.45) is 4.48. The van der Waals surface area contributed by atoms with Crippen LogP contribution < -0.4 is 15.2 Å². The van der Waals surface area contributed by atoms with Gasteiger partial charge in [0.25, 0.3) is 0 Å². The molecule has 1 aromatic heterocycles. The minimum atomic E-state index is 0.611. The van der Waals surface area contributed by atoms with E-state index in [4.69, 9.17) is 15.2 Å². The van der Waals surface area contributed by atoms with Crippen molar-refractivity contribution in [3.05, 3.63) is 36.7 Å². The van der Waals surface area contributed by atoms with E-state index in [-0.39, 0.29) is 0 Å². The van der Waals surface area contributed by atoms with Gasteiger partial charge in [0.15, 0.2) is 0 Å². The molecule has 0 fully saturated rings. The summed E-state index contributed by atoms with van der Waals surface area (Å²) in [6, 6.07) is 7.64. The zero-order chi connectivity index (χ0) is 13.7. The number of benzene rings is 1. The Morgan fingerprint density at radius 3 is 2.68 bits per heavy atom. The summed E-state index contributed by atoms with van der Waals surface area (Å²) in [6.45, 7) is 2.76. The van der Waals surface area contributed by atoms with E-state index in [2.05, 4.69) is 11.9 Å². The molecular weight excluding hydrogens is 240 g/mol. The predicted octanol–water partition coefficient (Wildman–Crippen LogP) is 3.13. The van der Waals surface area contributed by atoms with Gasteiger partial charge in [-0.15, -0.1) is 0 Å². The fourth-order valence-electron chi connectivity index (χ4n) is 1.79. The van der Waals surface area contributed by atoms with Crippen LogP contribution in [-0.2, 0) is 0 Å². The van der Waals surface area contributed by atoms with Gasteiger partial charge >= 0.3 is 0 Å². The van der Waals surface area contributed by atoms with Gasteiger partial charge in [-0.05, 0) is 30.2 Å². The predicted molar refractivity (Wildman–Crippen MR) is 76.4 cm³/mol. The van der Waals surface area contributed by atoms with Crippen molar-refractivity contribution in [2.75, 3.05) is 19.5 Å². The van der Waals surface area contributed by atoms with Crippen molar-refractivity contribution in [2.45, 2.75) is 13.3 Å². The minimum absolute atomic E-state index is 0.611. The first-order valence-electron chi connectivity index (χ1n) is 6.26. The van der Waals surface area contributed by atoms with Crippen LogP contribution in [0.15, 0.2) is 36.7 Å². The molecule has 2 N–H and O–H groups in total. The summed E-state index contributed by atoms with van der Waals surface area (Å²) in [5.41, 5.74) is 8.49. The molecule has 2 rings (SSSR count). The number of nitrogens with two attached hydrogens (primary N) is 1. The number of methoxy groups -OCH3 is 1. The number of nitrogen functional groups attached to an aromatic ring is 1. The Morgan fingerprint density at radius 1 is 1.16 bits per heavy atom. The fraction of sp³-hybridized carbons (Fsp3) is 0.267. The smallest absolute Gasteiger partial charge is 0.141 e. The summed E-state index contributed by atoms with van der Waals surface area (Å²) in [7, 11) is 1.60. The molecule has 19 heavy (non-hydrogen) atoms. The molecule has 0 saturated carbocycles. The topological polar surface area (TPSA) is 57.4 Å². The summed E-state index contributed by atoms with van der Waals surface area (Å²) < 4.78 is 10.7. The summed E-state index contributed by atoms with van der Waals surface area (Å²) >= 11 is 0. The zero-order valence-corrected chi connectivity index (χ0v) is 11.2. The molecule has 2 aromatic rings. The average Bonchev–Trinajstić information content (AvgIpc) is 2.45. The minimum Gasteiger partial charge on any atom is -0.495 e. The molecule has 1 aromatic carbocycles. The number of rotatable bonds is 5. The van der Waals surface area contributed by atoms with Crippen LogP contribution in [0.25, 0.3) is 11.1 Å². The van der Waals surface area contributed by atoms with Gasteiger partial charge in [0.05, 0.1) is 25.6 Å². The van der Waals surface area contributed by atoms with Crippen LogP contribution in [0.3, 0.4) is 0 Å². The van der Waals surface area contributed by atoms with Crippen molar-refractivity contribution >= 4 is 5.69 Å². The second kappa shape index (κ2) is 6.09. The highest BCUT2D eigenvalue weighted by atomic mass is 16.5. The van der Waals surface area contributed by atoms with Crippen LogP contribution in [0.1, 0.15) is 13.3 Å². The highest BCUT2D eigenvalue weighted by Crippen LogP contribution is 2.29. The van der Waals surface area contributed by atoms with Crippen molar-refractivity contribution in [2.24, 2.45) is 0 Å². The van der Waals surface area contributed by atoms with E-state index in [0.29, 0.717) is 18.0 Å². The van der Waals surface area contributed by atoms with Crippen LogP contribution in [0.2, 0.25) is 0 Å². The van der Waals surface area contributed by atoms with Crippen molar-refractivity contribution in [3.8, 4) is 22.6 Å². The Bertz CT molecular complexity index is 556. The lowest BCUT2D eigenvalue weighted by molar-refractivity contribution is 0.316. The fourth-order valence-corrected chi connectivity index (χ4v) is 1.79. The standard InChI is InChI=1S/C15H18N2O2/c1-3-6-19-13-7-12(9-17-10-13)11-4-5-15(18-2)14(16)8-11/h4-5,7-10H,3,6,16H2,1-2H3. The number of anilines is 1. The quantitative estimate of drug-likeness (QED) is 0.837. The SMILES string of the molecule is CCCOc1cncc(-c2ccc(OC)c(N)c2)c1. The van der Waals surface area contributed by atoms with Gasteiger partial charge in [-0.3, -0.25) is 4.98 Å². The van der Waals surface area contributed by atoms with E-state index in [1.54, 1.807) is 19.5 Å². The Morgan fingerprint density at radius 2 is 2.00 bits per heavy atom. The summed E-state index contributed by atoms with van der Waals surface area (Å²) in [4.78, 5) is 4.19. The van der Waals surface area contributed by atoms with E-state index in [0.717, 1.165) is 23.3 Å². The van der Waals surface area contributed by atoms with Gasteiger partial charge in [-0.1, -0.05) is 13.0 Å². The monoisotopic (exact) mass is 258 g/mol. The first-order chi connectivity index (χ1) is 9.24. The van der Waals surface area contributed by atoms with Gasteiger partial charge in [0, 0.05) is 11.8 Å². The van der Waals surface area contributed by atoms with Crippen LogP contribution in [0, 0.1) is 0 Å². The molecule has 4 nitrogen and oxygen atoms in total. The number of ether oxygens (including phenoxy) is 2. The van der Waals surface area contributed by atoms with E-state index in [9.17, 15) is 0 Å². The Hall–Kier alpha value is -2.23. The van der Waals surface area contributed by atoms with E-state index < -0.39 is 0 Å². The van der Waals surface area contributed by atoms with Crippen LogP contribution in [0.4, 0.5) is 5.69 Å². The molecule has 0 aliphatic carbocycles. The van der Waals surface area contributed by atoms with Crippen LogP contribution in [-0.4, -0.2) is 18.7 Å². The maximum absolute atomic E-state index is 5.91. The third-order valence-electron chi connectivity index (χ3n) is 2.75. The molecule has 0 aliphatic heterocycles. The molecule has 0 atom stereocenters. The molecular formula is C15H18N2O2. The van der Waals surface area contributed by atoms with Crippen LogP contribution >= 0.6 is 0 Å². The molecule has 0 saturated heterocycles. The lowest BCUT2D eigenvalue weighted by Gasteiger charge is -2.09. The molecule has 0 aliphatic rings. The molecule has 0 radical (unpaired) electrons. The maximum Gasteiger partial charge on any atom is 0.141 e. The van der Waals surface area contributed by atoms with Gasteiger partial charge in [0.2, 0.25) is 0 Å². The molecule has 100 valence electrons. The van der Waals surface area contributed by atoms with Gasteiger partial charge in [-0.25, -0.2) is 0 Å². The average molecular weight is 258 g/mol. The van der Waals surface area contributed by atoms with E-state index in [1.807, 2.05) is 24.3 Å². The molecule has 1 heterocycles. The second-order valence-electron chi connectivity index (χ2n) is 4.21. The lowest BCUT2D eigenvalue weighted by Crippen LogP contribution is -1.96. The zero-order valence-electron chi connectivity index (χ0n) is 11.2. The van der Waals surface area contributed by atoms with Crippen molar-refractivity contribution < 1.29 is 9.47 Å². The maximum atomic E-state index is 5.91. The van der Waals surface area contributed by atoms with Crippen molar-refractivity contribution in [1.29, 1.82) is 0 Å². The highest BCUT2D eigenvalue weighted by molar-refractivity contribution is 5.70. The summed E-state index contributed by atoms with van der Waals surface area (Å²) in [5, 5.41) is 0. The molecule has 0 amide bonds. The first kappa shape index (κ1) is 13.2. The largest absolute Gasteiger partial charge is 0.495 e. The molecule has 0 bridgehead atoms. The summed E-state index contributed by atoms with van der Waals surface area (Å²) in [5.74, 6) is 1.45. The van der Waals surface area contributed by atoms with E-state index in [1.165, 1.54) is 0 Å². The Labute approximate surface area is 113 Å². The number of hydrogen-bond donors (Lipinski definition) is 1. The van der Waals surface area contributed by atoms with Crippen molar-refractivity contribution in [1.82, 2.24) is 4.98 Å². The van der Waals surface area contributed by atoms with Gasteiger partial charge in [-0.2, -0.15) is 0 Å². The molecule has 0 spiro atoms. The second-order valence-corrected chi connectivity index (χ2v) is 4.21. The highest BCUT2D eigenvalue weighted by Gasteiger charge is 2.04. The third kappa shape index (κ3) is 3.16. The first-order valence-corrected chi connectivity index (χ1v) is 6.26. The van der Waals surface area contributed by atoms with Gasteiger partial charge in [0.1, 0.15) is 11.5 Å². The normalized spacial score (nSPS) is 10.2. The number of nitrogens with zero attached hydrogens (tertiary/aromatic N) is 1. The molecule has 4 heteroatoms. The van der Waals surface area contributed by atoms with E-state index >= 15 is 0 Å². The number of pyridine rings is 1. The number of aromatic nitrogens is 1. The lowest BCUT2D eigenvalue weighted by atomic mass is 10.1. The number of hydrogen-bond acceptors (Lipinski definition) is 4. The van der Waals surface area contributed by atoms with Crippen molar-refractivity contribution in [3.63, 3.8) is 0 Å². The molecule has 0 unspecified atom stereocenters. The van der Waals surface area contributed by atoms with Crippen LogP contribution in [0.5, 0.6) is 11.5 Å².